The molecule has 0 saturated heterocycles. The van der Waals surface area contributed by atoms with Crippen LogP contribution in [0.15, 0.2) is 36.7 Å². The maximum Gasteiger partial charge on any atom is 0.0897 e. The molecule has 1 aromatic heterocycles. The van der Waals surface area contributed by atoms with Gasteiger partial charge < -0.3 is 0 Å². The molecule has 0 amide bonds. The van der Waals surface area contributed by atoms with Crippen LogP contribution in [0.3, 0.4) is 0 Å². The third-order valence-corrected chi connectivity index (χ3v) is 4.08. The van der Waals surface area contributed by atoms with Crippen molar-refractivity contribution in [3.05, 3.63) is 59.2 Å². The molecular weight excluding hydrogens is 248 g/mol. The van der Waals surface area contributed by atoms with E-state index < -0.39 is 0 Å². The number of nitrogens with zero attached hydrogens (tertiary/aromatic N) is 2. The lowest BCUT2D eigenvalue weighted by Gasteiger charge is -2.27. The summed E-state index contributed by atoms with van der Waals surface area (Å²) in [7, 11) is 0. The van der Waals surface area contributed by atoms with Gasteiger partial charge in [0, 0.05) is 6.20 Å². The first-order chi connectivity index (χ1) is 9.78. The standard InChI is InChI=1S/C16H20N4/c1-11-9-19-15(10-18-11)16(20-17)14-7-3-6-13(8-14)12-4-2-5-12/h3,6-10,12,16,20H,2,4-5,17H2,1H3. The molecule has 0 spiro atoms. The van der Waals surface area contributed by atoms with Crippen LogP contribution in [0.1, 0.15) is 53.7 Å². The van der Waals surface area contributed by atoms with Crippen molar-refractivity contribution in [3.63, 3.8) is 0 Å². The summed E-state index contributed by atoms with van der Waals surface area (Å²) in [4.78, 5) is 8.73. The molecule has 3 N–H and O–H groups in total. The highest BCUT2D eigenvalue weighted by Crippen LogP contribution is 2.37. The minimum Gasteiger partial charge on any atom is -0.271 e. The summed E-state index contributed by atoms with van der Waals surface area (Å²) in [6.07, 6.45) is 7.51. The Kier molecular flexibility index (Phi) is 3.76. The van der Waals surface area contributed by atoms with Gasteiger partial charge in [0.25, 0.3) is 0 Å². The van der Waals surface area contributed by atoms with Crippen LogP contribution in [-0.2, 0) is 0 Å². The number of hydrogen-bond donors (Lipinski definition) is 2. The van der Waals surface area contributed by atoms with Crippen molar-refractivity contribution in [1.29, 1.82) is 0 Å². The van der Waals surface area contributed by atoms with E-state index in [0.29, 0.717) is 0 Å². The normalized spacial score (nSPS) is 16.7. The van der Waals surface area contributed by atoms with Gasteiger partial charge in [-0.1, -0.05) is 30.7 Å². The number of hydrazine groups is 1. The molecule has 4 heteroatoms. The van der Waals surface area contributed by atoms with Crippen molar-refractivity contribution in [2.24, 2.45) is 5.84 Å². The van der Waals surface area contributed by atoms with Gasteiger partial charge in [0.05, 0.1) is 23.6 Å². The summed E-state index contributed by atoms with van der Waals surface area (Å²) in [5, 5.41) is 0. The zero-order chi connectivity index (χ0) is 13.9. The van der Waals surface area contributed by atoms with Crippen molar-refractivity contribution >= 4 is 0 Å². The van der Waals surface area contributed by atoms with Crippen LogP contribution in [0.2, 0.25) is 0 Å². The molecule has 0 aliphatic heterocycles. The SMILES string of the molecule is Cc1cnc(C(NN)c2cccc(C3CCC3)c2)cn1. The van der Waals surface area contributed by atoms with Gasteiger partial charge >= 0.3 is 0 Å². The fourth-order valence-corrected chi connectivity index (χ4v) is 2.64. The second-order valence-electron chi connectivity index (χ2n) is 5.48. The van der Waals surface area contributed by atoms with E-state index in [0.717, 1.165) is 22.9 Å². The lowest BCUT2D eigenvalue weighted by molar-refractivity contribution is 0.419. The molecule has 0 radical (unpaired) electrons. The Morgan fingerprint density at radius 3 is 2.70 bits per heavy atom. The summed E-state index contributed by atoms with van der Waals surface area (Å²) in [6.45, 7) is 1.93. The first-order valence-corrected chi connectivity index (χ1v) is 7.12. The summed E-state index contributed by atoms with van der Waals surface area (Å²) in [6, 6.07) is 8.55. The van der Waals surface area contributed by atoms with Gasteiger partial charge in [0.15, 0.2) is 0 Å². The number of rotatable bonds is 4. The molecule has 1 aliphatic rings. The van der Waals surface area contributed by atoms with Crippen molar-refractivity contribution in [1.82, 2.24) is 15.4 Å². The predicted octanol–water partition coefficient (Wildman–Crippen LogP) is 2.61. The number of benzene rings is 1. The van der Waals surface area contributed by atoms with Crippen LogP contribution in [0, 0.1) is 6.92 Å². The zero-order valence-electron chi connectivity index (χ0n) is 11.7. The maximum atomic E-state index is 5.73. The molecule has 1 aromatic carbocycles. The molecule has 4 nitrogen and oxygen atoms in total. The van der Waals surface area contributed by atoms with Crippen LogP contribution in [-0.4, -0.2) is 9.97 Å². The van der Waals surface area contributed by atoms with Gasteiger partial charge in [0.2, 0.25) is 0 Å². The zero-order valence-corrected chi connectivity index (χ0v) is 11.7. The van der Waals surface area contributed by atoms with E-state index >= 15 is 0 Å². The van der Waals surface area contributed by atoms with Gasteiger partial charge in [-0.15, -0.1) is 0 Å². The van der Waals surface area contributed by atoms with Crippen molar-refractivity contribution in [2.75, 3.05) is 0 Å². The lowest BCUT2D eigenvalue weighted by Crippen LogP contribution is -2.29. The van der Waals surface area contributed by atoms with E-state index in [1.165, 1.54) is 24.8 Å². The minimum atomic E-state index is -0.108. The third-order valence-electron chi connectivity index (χ3n) is 4.08. The van der Waals surface area contributed by atoms with Crippen LogP contribution >= 0.6 is 0 Å². The quantitative estimate of drug-likeness (QED) is 0.661. The van der Waals surface area contributed by atoms with Crippen LogP contribution in [0.4, 0.5) is 0 Å². The fraction of sp³-hybridized carbons (Fsp3) is 0.375. The molecule has 2 aromatic rings. The summed E-state index contributed by atoms with van der Waals surface area (Å²) in [5.74, 6) is 6.45. The summed E-state index contributed by atoms with van der Waals surface area (Å²) in [5.41, 5.74) is 7.17. The molecule has 1 saturated carbocycles. The topological polar surface area (TPSA) is 63.8 Å². The average molecular weight is 268 g/mol. The highest BCUT2D eigenvalue weighted by atomic mass is 15.2. The molecule has 1 fully saturated rings. The molecule has 1 aliphatic carbocycles. The second kappa shape index (κ2) is 5.69. The Bertz CT molecular complexity index is 575. The second-order valence-corrected chi connectivity index (χ2v) is 5.48. The Balaban J connectivity index is 1.90. The molecule has 1 atom stereocenters. The maximum absolute atomic E-state index is 5.73. The van der Waals surface area contributed by atoms with Crippen LogP contribution in [0.5, 0.6) is 0 Å². The van der Waals surface area contributed by atoms with Crippen molar-refractivity contribution < 1.29 is 0 Å². The first kappa shape index (κ1) is 13.2. The van der Waals surface area contributed by atoms with Crippen molar-refractivity contribution in [2.45, 2.75) is 38.1 Å². The van der Waals surface area contributed by atoms with Crippen LogP contribution in [0.25, 0.3) is 0 Å². The van der Waals surface area contributed by atoms with E-state index in [4.69, 9.17) is 5.84 Å². The minimum absolute atomic E-state index is 0.108. The predicted molar refractivity (Wildman–Crippen MR) is 79.0 cm³/mol. The van der Waals surface area contributed by atoms with Crippen molar-refractivity contribution in [3.8, 4) is 0 Å². The van der Waals surface area contributed by atoms with E-state index in [2.05, 4.69) is 39.7 Å². The molecule has 1 heterocycles. The highest BCUT2D eigenvalue weighted by molar-refractivity contribution is 5.33. The van der Waals surface area contributed by atoms with Crippen LogP contribution < -0.4 is 11.3 Å². The first-order valence-electron chi connectivity index (χ1n) is 7.12. The van der Waals surface area contributed by atoms with Gasteiger partial charge in [0.1, 0.15) is 0 Å². The Labute approximate surface area is 119 Å². The summed E-state index contributed by atoms with van der Waals surface area (Å²) < 4.78 is 0. The number of hydrogen-bond acceptors (Lipinski definition) is 4. The highest BCUT2D eigenvalue weighted by Gasteiger charge is 2.21. The Morgan fingerprint density at radius 1 is 1.25 bits per heavy atom. The molecular formula is C16H20N4. The smallest absolute Gasteiger partial charge is 0.0897 e. The van der Waals surface area contributed by atoms with Gasteiger partial charge in [-0.3, -0.25) is 15.8 Å². The number of nitrogens with two attached hydrogens (primary N) is 1. The van der Waals surface area contributed by atoms with E-state index in [1.54, 1.807) is 12.4 Å². The summed E-state index contributed by atoms with van der Waals surface area (Å²) >= 11 is 0. The lowest BCUT2D eigenvalue weighted by atomic mass is 9.79. The average Bonchev–Trinajstić information content (AvgIpc) is 2.40. The number of aryl methyl sites for hydroxylation is 1. The largest absolute Gasteiger partial charge is 0.271 e. The Hall–Kier alpha value is -1.78. The van der Waals surface area contributed by atoms with E-state index in [-0.39, 0.29) is 6.04 Å². The van der Waals surface area contributed by atoms with Gasteiger partial charge in [-0.25, -0.2) is 5.43 Å². The number of aromatic nitrogens is 2. The fourth-order valence-electron chi connectivity index (χ4n) is 2.64. The van der Waals surface area contributed by atoms with E-state index in [1.807, 2.05) is 6.92 Å². The molecule has 0 bridgehead atoms. The molecule has 3 rings (SSSR count). The Morgan fingerprint density at radius 2 is 2.10 bits per heavy atom. The van der Waals surface area contributed by atoms with Gasteiger partial charge in [-0.2, -0.15) is 0 Å². The molecule has 1 unspecified atom stereocenters. The molecule has 20 heavy (non-hydrogen) atoms. The third kappa shape index (κ3) is 2.57. The monoisotopic (exact) mass is 268 g/mol. The number of nitrogens with one attached hydrogen (secondary N) is 1. The van der Waals surface area contributed by atoms with Gasteiger partial charge in [-0.05, 0) is 36.8 Å². The molecule has 104 valence electrons. The van der Waals surface area contributed by atoms with E-state index in [9.17, 15) is 0 Å².